The number of carbonyl (C=O) groups is 1. The van der Waals surface area contributed by atoms with Gasteiger partial charge in [-0.05, 0) is 37.0 Å². The van der Waals surface area contributed by atoms with Crippen molar-refractivity contribution in [2.24, 2.45) is 0 Å². The molecule has 0 aliphatic rings. The van der Waals surface area contributed by atoms with E-state index in [2.05, 4.69) is 45.7 Å². The maximum Gasteiger partial charge on any atom is 0.193 e. The smallest absolute Gasteiger partial charge is 0.193 e. The van der Waals surface area contributed by atoms with Crippen LogP contribution in [0.5, 0.6) is 0 Å². The molecular formula is C15H26O2Si. The van der Waals surface area contributed by atoms with Crippen molar-refractivity contribution in [1.82, 2.24) is 0 Å². The molecule has 0 aliphatic heterocycles. The summed E-state index contributed by atoms with van der Waals surface area (Å²) in [6.45, 7) is 13.6. The molecule has 18 heavy (non-hydrogen) atoms. The van der Waals surface area contributed by atoms with Gasteiger partial charge in [0.25, 0.3) is 0 Å². The zero-order chi connectivity index (χ0) is 14.2. The number of rotatable bonds is 5. The van der Waals surface area contributed by atoms with Gasteiger partial charge in [-0.2, -0.15) is 0 Å². The summed E-state index contributed by atoms with van der Waals surface area (Å²) >= 11 is 0. The Balaban J connectivity index is 4.20. The minimum absolute atomic E-state index is 0.226. The van der Waals surface area contributed by atoms with E-state index in [4.69, 9.17) is 4.43 Å². The molecule has 0 unspecified atom stereocenters. The first-order chi connectivity index (χ1) is 8.20. The van der Waals surface area contributed by atoms with Crippen LogP contribution < -0.4 is 0 Å². The molecule has 0 spiro atoms. The topological polar surface area (TPSA) is 26.3 Å². The lowest BCUT2D eigenvalue weighted by molar-refractivity contribution is -0.107. The Morgan fingerprint density at radius 3 is 2.39 bits per heavy atom. The van der Waals surface area contributed by atoms with Gasteiger partial charge in [-0.1, -0.05) is 38.7 Å². The molecule has 0 saturated carbocycles. The van der Waals surface area contributed by atoms with Crippen molar-refractivity contribution >= 4 is 14.6 Å². The number of aldehydes is 1. The van der Waals surface area contributed by atoms with Crippen LogP contribution in [0.15, 0.2) is 11.6 Å². The summed E-state index contributed by atoms with van der Waals surface area (Å²) in [7, 11) is -1.68. The fourth-order valence-electron chi connectivity index (χ4n) is 1.03. The highest BCUT2D eigenvalue weighted by atomic mass is 28.4. The molecule has 0 rings (SSSR count). The van der Waals surface area contributed by atoms with E-state index in [1.54, 1.807) is 0 Å². The van der Waals surface area contributed by atoms with E-state index in [1.165, 1.54) is 0 Å². The Bertz CT molecular complexity index is 351. The molecule has 0 atom stereocenters. The maximum atomic E-state index is 10.2. The number of hydrogen-bond acceptors (Lipinski definition) is 2. The molecule has 0 saturated heterocycles. The van der Waals surface area contributed by atoms with Gasteiger partial charge in [0.1, 0.15) is 6.29 Å². The quantitative estimate of drug-likeness (QED) is 0.326. The van der Waals surface area contributed by atoms with Gasteiger partial charge >= 0.3 is 0 Å². The number of allylic oxidation sites excluding steroid dienone is 2. The molecule has 0 aromatic rings. The van der Waals surface area contributed by atoms with Crippen LogP contribution in [0.3, 0.4) is 0 Å². The molecule has 0 radical (unpaired) electrons. The van der Waals surface area contributed by atoms with Crippen LogP contribution in [-0.4, -0.2) is 21.2 Å². The Labute approximate surface area is 113 Å². The summed E-state index contributed by atoms with van der Waals surface area (Å²) in [6.07, 6.45) is 4.26. The van der Waals surface area contributed by atoms with Crippen molar-refractivity contribution in [1.29, 1.82) is 0 Å². The highest BCUT2D eigenvalue weighted by Crippen LogP contribution is 2.36. The van der Waals surface area contributed by atoms with Gasteiger partial charge in [0, 0.05) is 6.42 Å². The van der Waals surface area contributed by atoms with Gasteiger partial charge in [0.15, 0.2) is 8.32 Å². The highest BCUT2D eigenvalue weighted by molar-refractivity contribution is 6.74. The third-order valence-electron chi connectivity index (χ3n) is 3.33. The van der Waals surface area contributed by atoms with E-state index in [0.29, 0.717) is 13.0 Å². The van der Waals surface area contributed by atoms with E-state index in [9.17, 15) is 4.79 Å². The van der Waals surface area contributed by atoms with Crippen molar-refractivity contribution in [3.8, 4) is 11.8 Å². The van der Waals surface area contributed by atoms with Crippen molar-refractivity contribution in [3.05, 3.63) is 11.6 Å². The zero-order valence-electron chi connectivity index (χ0n) is 12.6. The average Bonchev–Trinajstić information content (AvgIpc) is 2.23. The standard InChI is InChI=1S/C15H26O2Si/c1-14(10-7-8-12-16)11-9-13-17-18(5,6)15(2,3)4/h10,12H,7-8,13H2,1-6H3/b14-10+. The first-order valence-corrected chi connectivity index (χ1v) is 9.35. The second-order valence-corrected chi connectivity index (χ2v) is 10.8. The van der Waals surface area contributed by atoms with Crippen LogP contribution in [0.1, 0.15) is 40.5 Å². The molecule has 2 nitrogen and oxygen atoms in total. The van der Waals surface area contributed by atoms with Crippen molar-refractivity contribution < 1.29 is 9.22 Å². The summed E-state index contributed by atoms with van der Waals surface area (Å²) in [4.78, 5) is 10.2. The van der Waals surface area contributed by atoms with Crippen LogP contribution in [-0.2, 0) is 9.22 Å². The van der Waals surface area contributed by atoms with E-state index < -0.39 is 8.32 Å². The van der Waals surface area contributed by atoms with Crippen molar-refractivity contribution in [3.63, 3.8) is 0 Å². The predicted octanol–water partition coefficient (Wildman–Crippen LogP) is 3.94. The molecule has 0 aromatic carbocycles. The minimum Gasteiger partial charge on any atom is -0.406 e. The summed E-state index contributed by atoms with van der Waals surface area (Å²) in [6, 6.07) is 0. The zero-order valence-corrected chi connectivity index (χ0v) is 13.6. The van der Waals surface area contributed by atoms with Gasteiger partial charge in [0.2, 0.25) is 0 Å². The van der Waals surface area contributed by atoms with Gasteiger partial charge in [-0.3, -0.25) is 0 Å². The largest absolute Gasteiger partial charge is 0.406 e. The van der Waals surface area contributed by atoms with Crippen LogP contribution in [0.25, 0.3) is 0 Å². The van der Waals surface area contributed by atoms with Crippen LogP contribution in [0.2, 0.25) is 18.1 Å². The second kappa shape index (κ2) is 7.55. The van der Waals surface area contributed by atoms with E-state index in [1.807, 2.05) is 13.0 Å². The first-order valence-electron chi connectivity index (χ1n) is 6.44. The summed E-state index contributed by atoms with van der Waals surface area (Å²) in [5.74, 6) is 6.10. The number of unbranched alkanes of at least 4 members (excludes halogenated alkanes) is 1. The van der Waals surface area contributed by atoms with Gasteiger partial charge < -0.3 is 9.22 Å². The molecule has 0 heterocycles. The van der Waals surface area contributed by atoms with Crippen molar-refractivity contribution in [2.45, 2.75) is 58.7 Å². The normalized spacial score (nSPS) is 12.9. The molecule has 102 valence electrons. The third kappa shape index (κ3) is 6.78. The lowest BCUT2D eigenvalue weighted by Gasteiger charge is -2.35. The number of carbonyl (C=O) groups excluding carboxylic acids is 1. The molecular weight excluding hydrogens is 240 g/mol. The third-order valence-corrected chi connectivity index (χ3v) is 7.81. The SMILES string of the molecule is C/C(C#CCO[Si](C)(C)C(C)(C)C)=C\CCC=O. The Hall–Kier alpha value is -0.853. The Kier molecular flexibility index (Phi) is 7.19. The monoisotopic (exact) mass is 266 g/mol. The van der Waals surface area contributed by atoms with Crippen LogP contribution in [0.4, 0.5) is 0 Å². The molecule has 0 fully saturated rings. The first kappa shape index (κ1) is 17.1. The molecule has 3 heteroatoms. The van der Waals surface area contributed by atoms with Crippen LogP contribution in [0, 0.1) is 11.8 Å². The lowest BCUT2D eigenvalue weighted by atomic mass is 10.2. The number of hydrogen-bond donors (Lipinski definition) is 0. The molecule has 0 amide bonds. The lowest BCUT2D eigenvalue weighted by Crippen LogP contribution is -2.40. The fraction of sp³-hybridized carbons (Fsp3) is 0.667. The Morgan fingerprint density at radius 2 is 1.89 bits per heavy atom. The predicted molar refractivity (Wildman–Crippen MR) is 80.0 cm³/mol. The van der Waals surface area contributed by atoms with Gasteiger partial charge in [-0.15, -0.1) is 0 Å². The molecule has 0 N–H and O–H groups in total. The molecule has 0 bridgehead atoms. The summed E-state index contributed by atoms with van der Waals surface area (Å²) in [5.41, 5.74) is 1.01. The van der Waals surface area contributed by atoms with E-state index in [0.717, 1.165) is 18.3 Å². The maximum absolute atomic E-state index is 10.2. The van der Waals surface area contributed by atoms with E-state index >= 15 is 0 Å². The van der Waals surface area contributed by atoms with Crippen LogP contribution >= 0.6 is 0 Å². The highest BCUT2D eigenvalue weighted by Gasteiger charge is 2.36. The Morgan fingerprint density at radius 1 is 1.28 bits per heavy atom. The summed E-state index contributed by atoms with van der Waals surface area (Å²) < 4.78 is 5.95. The fourth-order valence-corrected chi connectivity index (χ4v) is 1.89. The van der Waals surface area contributed by atoms with Gasteiger partial charge in [-0.25, -0.2) is 0 Å². The summed E-state index contributed by atoms with van der Waals surface area (Å²) in [5, 5.41) is 0.226. The van der Waals surface area contributed by atoms with E-state index in [-0.39, 0.29) is 5.04 Å². The second-order valence-electron chi connectivity index (χ2n) is 5.98. The average molecular weight is 266 g/mol. The van der Waals surface area contributed by atoms with Crippen molar-refractivity contribution in [2.75, 3.05) is 6.61 Å². The molecule has 0 aliphatic carbocycles. The van der Waals surface area contributed by atoms with Gasteiger partial charge in [0.05, 0.1) is 6.61 Å². The molecule has 0 aromatic heterocycles. The minimum atomic E-state index is -1.68.